The Labute approximate surface area is 125 Å². The van der Waals surface area contributed by atoms with Crippen LogP contribution in [0.2, 0.25) is 0 Å². The highest BCUT2D eigenvalue weighted by atomic mass is 79.9. The molecule has 0 aliphatic rings. The molecule has 0 unspecified atom stereocenters. The molecule has 0 aromatic heterocycles. The molecule has 0 fully saturated rings. The standard InChI is InChI=1S/C15H13BrO2S/c1-18-14-8-5-11(16)9-13(14)15(17)10-3-6-12(19-2)7-4-10/h3-9H,1-2H3. The molecule has 2 aromatic carbocycles. The molecule has 0 radical (unpaired) electrons. The Bertz CT molecular complexity index is 594. The lowest BCUT2D eigenvalue weighted by Gasteiger charge is -2.08. The van der Waals surface area contributed by atoms with Crippen molar-refractivity contribution in [2.75, 3.05) is 13.4 Å². The van der Waals surface area contributed by atoms with Crippen LogP contribution in [0, 0.1) is 0 Å². The van der Waals surface area contributed by atoms with Crippen LogP contribution < -0.4 is 4.74 Å². The lowest BCUT2D eigenvalue weighted by atomic mass is 10.0. The Hall–Kier alpha value is -1.26. The molecule has 98 valence electrons. The number of benzene rings is 2. The van der Waals surface area contributed by atoms with Crippen LogP contribution in [-0.2, 0) is 0 Å². The normalized spacial score (nSPS) is 10.3. The van der Waals surface area contributed by atoms with E-state index in [9.17, 15) is 4.79 Å². The van der Waals surface area contributed by atoms with E-state index in [-0.39, 0.29) is 5.78 Å². The van der Waals surface area contributed by atoms with Crippen molar-refractivity contribution in [1.82, 2.24) is 0 Å². The maximum absolute atomic E-state index is 12.5. The van der Waals surface area contributed by atoms with Gasteiger partial charge in [0.1, 0.15) is 5.75 Å². The summed E-state index contributed by atoms with van der Waals surface area (Å²) in [6, 6.07) is 13.0. The van der Waals surface area contributed by atoms with Gasteiger partial charge in [0.05, 0.1) is 12.7 Å². The van der Waals surface area contributed by atoms with E-state index in [4.69, 9.17) is 4.74 Å². The number of thioether (sulfide) groups is 1. The first-order chi connectivity index (χ1) is 9.15. The third kappa shape index (κ3) is 3.19. The largest absolute Gasteiger partial charge is 0.496 e. The van der Waals surface area contributed by atoms with E-state index in [2.05, 4.69) is 15.9 Å². The fourth-order valence-electron chi connectivity index (χ4n) is 1.76. The van der Waals surface area contributed by atoms with Crippen molar-refractivity contribution in [1.29, 1.82) is 0 Å². The molecule has 0 saturated carbocycles. The zero-order valence-corrected chi connectivity index (χ0v) is 13.0. The topological polar surface area (TPSA) is 26.3 Å². The molecule has 0 spiro atoms. The van der Waals surface area contributed by atoms with Gasteiger partial charge in [0, 0.05) is 14.9 Å². The summed E-state index contributed by atoms with van der Waals surface area (Å²) in [7, 11) is 1.57. The minimum absolute atomic E-state index is 0.0363. The molecule has 0 aliphatic carbocycles. The van der Waals surface area contributed by atoms with Crippen LogP contribution in [0.5, 0.6) is 5.75 Å². The molecule has 0 amide bonds. The molecule has 2 aromatic rings. The molecule has 0 saturated heterocycles. The predicted molar refractivity (Wildman–Crippen MR) is 82.3 cm³/mol. The van der Waals surface area contributed by atoms with Crippen LogP contribution in [0.4, 0.5) is 0 Å². The van der Waals surface area contributed by atoms with E-state index < -0.39 is 0 Å². The molecule has 2 rings (SSSR count). The van der Waals surface area contributed by atoms with Crippen LogP contribution in [-0.4, -0.2) is 19.1 Å². The van der Waals surface area contributed by atoms with Gasteiger partial charge in [0.2, 0.25) is 0 Å². The van der Waals surface area contributed by atoms with Crippen molar-refractivity contribution in [2.45, 2.75) is 4.90 Å². The number of hydrogen-bond acceptors (Lipinski definition) is 3. The highest BCUT2D eigenvalue weighted by molar-refractivity contribution is 9.10. The first-order valence-corrected chi connectivity index (χ1v) is 7.69. The average Bonchev–Trinajstić information content (AvgIpc) is 2.46. The van der Waals surface area contributed by atoms with Crippen molar-refractivity contribution < 1.29 is 9.53 Å². The van der Waals surface area contributed by atoms with Crippen LogP contribution >= 0.6 is 27.7 Å². The van der Waals surface area contributed by atoms with Crippen LogP contribution in [0.1, 0.15) is 15.9 Å². The SMILES string of the molecule is COc1ccc(Br)cc1C(=O)c1ccc(SC)cc1. The summed E-state index contributed by atoms with van der Waals surface area (Å²) in [6.45, 7) is 0. The second-order valence-corrected chi connectivity index (χ2v) is 5.70. The van der Waals surface area contributed by atoms with Crippen molar-refractivity contribution >= 4 is 33.5 Å². The Morgan fingerprint density at radius 1 is 1.16 bits per heavy atom. The molecule has 0 bridgehead atoms. The fourth-order valence-corrected chi connectivity index (χ4v) is 2.52. The van der Waals surface area contributed by atoms with Gasteiger partial charge in [-0.2, -0.15) is 0 Å². The Balaban J connectivity index is 2.40. The fraction of sp³-hybridized carbons (Fsp3) is 0.133. The van der Waals surface area contributed by atoms with E-state index in [1.807, 2.05) is 36.6 Å². The summed E-state index contributed by atoms with van der Waals surface area (Å²) in [5.74, 6) is 0.549. The maximum atomic E-state index is 12.5. The molecule has 4 heteroatoms. The summed E-state index contributed by atoms with van der Waals surface area (Å²) in [4.78, 5) is 13.6. The molecule has 2 nitrogen and oxygen atoms in total. The van der Waals surface area contributed by atoms with E-state index in [0.29, 0.717) is 16.9 Å². The lowest BCUT2D eigenvalue weighted by molar-refractivity contribution is 0.103. The quantitative estimate of drug-likeness (QED) is 0.611. The third-order valence-electron chi connectivity index (χ3n) is 2.76. The highest BCUT2D eigenvalue weighted by Gasteiger charge is 2.14. The molecular formula is C15H13BrO2S. The number of rotatable bonds is 4. The number of methoxy groups -OCH3 is 1. The highest BCUT2D eigenvalue weighted by Crippen LogP contribution is 2.26. The minimum atomic E-state index is -0.0363. The molecule has 19 heavy (non-hydrogen) atoms. The van der Waals surface area contributed by atoms with Gasteiger partial charge in [-0.05, 0) is 48.7 Å². The van der Waals surface area contributed by atoms with Gasteiger partial charge in [-0.15, -0.1) is 11.8 Å². The van der Waals surface area contributed by atoms with Gasteiger partial charge in [-0.3, -0.25) is 4.79 Å². The number of halogens is 1. The zero-order chi connectivity index (χ0) is 13.8. The van der Waals surface area contributed by atoms with Crippen molar-refractivity contribution in [3.8, 4) is 5.75 Å². The van der Waals surface area contributed by atoms with Gasteiger partial charge in [0.15, 0.2) is 5.78 Å². The monoisotopic (exact) mass is 336 g/mol. The number of carbonyl (C=O) groups excluding carboxylic acids is 1. The first kappa shape index (κ1) is 14.2. The predicted octanol–water partition coefficient (Wildman–Crippen LogP) is 4.41. The summed E-state index contributed by atoms with van der Waals surface area (Å²) < 4.78 is 6.10. The molecular weight excluding hydrogens is 324 g/mol. The molecule has 0 N–H and O–H groups in total. The van der Waals surface area contributed by atoms with Gasteiger partial charge in [-0.25, -0.2) is 0 Å². The third-order valence-corrected chi connectivity index (χ3v) is 4.00. The zero-order valence-electron chi connectivity index (χ0n) is 10.6. The van der Waals surface area contributed by atoms with Gasteiger partial charge < -0.3 is 4.74 Å². The molecule has 0 heterocycles. The second-order valence-electron chi connectivity index (χ2n) is 3.90. The van der Waals surface area contributed by atoms with Gasteiger partial charge in [0.25, 0.3) is 0 Å². The second kappa shape index (κ2) is 6.26. The van der Waals surface area contributed by atoms with E-state index in [1.54, 1.807) is 31.0 Å². The summed E-state index contributed by atoms with van der Waals surface area (Å²) >= 11 is 5.03. The Kier molecular flexibility index (Phi) is 4.66. The smallest absolute Gasteiger partial charge is 0.196 e. The van der Waals surface area contributed by atoms with Gasteiger partial charge in [-0.1, -0.05) is 15.9 Å². The van der Waals surface area contributed by atoms with E-state index >= 15 is 0 Å². The average molecular weight is 337 g/mol. The number of hydrogen-bond donors (Lipinski definition) is 0. The van der Waals surface area contributed by atoms with Crippen molar-refractivity contribution in [3.63, 3.8) is 0 Å². The number of ketones is 1. The Morgan fingerprint density at radius 3 is 2.42 bits per heavy atom. The number of ether oxygens (including phenoxy) is 1. The lowest BCUT2D eigenvalue weighted by Crippen LogP contribution is -2.04. The minimum Gasteiger partial charge on any atom is -0.496 e. The summed E-state index contributed by atoms with van der Waals surface area (Å²) in [5, 5.41) is 0. The van der Waals surface area contributed by atoms with Crippen LogP contribution in [0.25, 0.3) is 0 Å². The van der Waals surface area contributed by atoms with Crippen LogP contribution in [0.3, 0.4) is 0 Å². The summed E-state index contributed by atoms with van der Waals surface area (Å²) in [5.41, 5.74) is 1.22. The summed E-state index contributed by atoms with van der Waals surface area (Å²) in [6.07, 6.45) is 2.01. The van der Waals surface area contributed by atoms with E-state index in [0.717, 1.165) is 9.37 Å². The maximum Gasteiger partial charge on any atom is 0.196 e. The Morgan fingerprint density at radius 2 is 1.84 bits per heavy atom. The van der Waals surface area contributed by atoms with E-state index in [1.165, 1.54) is 0 Å². The number of carbonyl (C=O) groups is 1. The molecule has 0 aliphatic heterocycles. The van der Waals surface area contributed by atoms with Crippen molar-refractivity contribution in [3.05, 3.63) is 58.1 Å². The molecule has 0 atom stereocenters. The first-order valence-electron chi connectivity index (χ1n) is 5.68. The van der Waals surface area contributed by atoms with Crippen LogP contribution in [0.15, 0.2) is 51.8 Å². The van der Waals surface area contributed by atoms with Crippen molar-refractivity contribution in [2.24, 2.45) is 0 Å². The van der Waals surface area contributed by atoms with Gasteiger partial charge >= 0.3 is 0 Å².